The predicted octanol–water partition coefficient (Wildman–Crippen LogP) is 1.99. The molecule has 0 saturated heterocycles. The van der Waals surface area contributed by atoms with Crippen molar-refractivity contribution in [3.8, 4) is 0 Å². The third-order valence-electron chi connectivity index (χ3n) is 2.29. The normalized spacial score (nSPS) is 20.0. The first-order valence-electron chi connectivity index (χ1n) is 4.17. The molecule has 1 atom stereocenters. The van der Waals surface area contributed by atoms with Gasteiger partial charge in [-0.05, 0) is 25.0 Å². The lowest BCUT2D eigenvalue weighted by atomic mass is 9.97. The smallest absolute Gasteiger partial charge is 0.0667 e. The van der Waals surface area contributed by atoms with Crippen LogP contribution in [0.3, 0.4) is 0 Å². The maximum Gasteiger partial charge on any atom is 0.0667 e. The zero-order valence-electron chi connectivity index (χ0n) is 7.33. The van der Waals surface area contributed by atoms with Gasteiger partial charge in [-0.25, -0.2) is 0 Å². The third kappa shape index (κ3) is 0.998. The van der Waals surface area contributed by atoms with Gasteiger partial charge in [0.2, 0.25) is 0 Å². The molecule has 1 heterocycles. The summed E-state index contributed by atoms with van der Waals surface area (Å²) in [5.41, 5.74) is 6.94. The quantitative estimate of drug-likeness (QED) is 0.616. The number of benzene rings is 1. The minimum Gasteiger partial charge on any atom is -0.303 e. The maximum absolute atomic E-state index is 4.09. The first-order valence-corrected chi connectivity index (χ1v) is 4.17. The second-order valence-corrected chi connectivity index (χ2v) is 3.19. The van der Waals surface area contributed by atoms with Crippen LogP contribution >= 0.6 is 0 Å². The average Bonchev–Trinajstić information content (AvgIpc) is 2.07. The molecule has 2 rings (SSSR count). The van der Waals surface area contributed by atoms with Crippen molar-refractivity contribution >= 4 is 6.21 Å². The van der Waals surface area contributed by atoms with Crippen molar-refractivity contribution < 1.29 is 0 Å². The van der Waals surface area contributed by atoms with E-state index in [2.05, 4.69) is 42.6 Å². The van der Waals surface area contributed by atoms with E-state index in [4.69, 9.17) is 0 Å². The van der Waals surface area contributed by atoms with Crippen LogP contribution in [0.1, 0.15) is 29.7 Å². The van der Waals surface area contributed by atoms with Gasteiger partial charge in [0, 0.05) is 5.56 Å². The Bertz CT molecular complexity index is 329. The Hall–Kier alpha value is -1.31. The van der Waals surface area contributed by atoms with Crippen molar-refractivity contribution in [2.24, 2.45) is 5.10 Å². The molecule has 2 nitrogen and oxygen atoms in total. The summed E-state index contributed by atoms with van der Waals surface area (Å²) in [6.07, 6.45) is 1.89. The summed E-state index contributed by atoms with van der Waals surface area (Å²) >= 11 is 0. The molecule has 0 amide bonds. The minimum atomic E-state index is 0.338. The first-order chi connectivity index (χ1) is 5.79. The summed E-state index contributed by atoms with van der Waals surface area (Å²) in [6.45, 7) is 4.23. The van der Waals surface area contributed by atoms with Crippen LogP contribution in [0.5, 0.6) is 0 Å². The van der Waals surface area contributed by atoms with E-state index in [1.54, 1.807) is 0 Å². The van der Waals surface area contributed by atoms with E-state index in [0.29, 0.717) is 6.04 Å². The average molecular weight is 160 g/mol. The lowest BCUT2D eigenvalue weighted by Gasteiger charge is -2.19. The highest BCUT2D eigenvalue weighted by Gasteiger charge is 2.12. The Morgan fingerprint density at radius 3 is 3.00 bits per heavy atom. The lowest BCUT2D eigenvalue weighted by molar-refractivity contribution is 0.597. The van der Waals surface area contributed by atoms with Crippen LogP contribution < -0.4 is 5.43 Å². The summed E-state index contributed by atoms with van der Waals surface area (Å²) in [6, 6.07) is 6.68. The van der Waals surface area contributed by atoms with Crippen LogP contribution in [-0.4, -0.2) is 6.21 Å². The van der Waals surface area contributed by atoms with E-state index in [-0.39, 0.29) is 0 Å². The van der Waals surface area contributed by atoms with Crippen LogP contribution in [0.4, 0.5) is 0 Å². The van der Waals surface area contributed by atoms with Gasteiger partial charge in [0.05, 0.1) is 12.3 Å². The molecule has 12 heavy (non-hydrogen) atoms. The number of nitrogens with zero attached hydrogens (tertiary/aromatic N) is 1. The number of hydrazone groups is 1. The van der Waals surface area contributed by atoms with Crippen molar-refractivity contribution in [1.82, 2.24) is 5.43 Å². The fourth-order valence-electron chi connectivity index (χ4n) is 1.54. The molecule has 1 aliphatic heterocycles. The van der Waals surface area contributed by atoms with Crippen molar-refractivity contribution in [1.29, 1.82) is 0 Å². The van der Waals surface area contributed by atoms with Crippen molar-refractivity contribution in [3.05, 3.63) is 34.9 Å². The van der Waals surface area contributed by atoms with Gasteiger partial charge >= 0.3 is 0 Å². The molecule has 1 aromatic rings. The van der Waals surface area contributed by atoms with E-state index < -0.39 is 0 Å². The second kappa shape index (κ2) is 2.63. The molecule has 2 heteroatoms. The van der Waals surface area contributed by atoms with E-state index in [1.807, 2.05) is 6.21 Å². The Morgan fingerprint density at radius 1 is 1.42 bits per heavy atom. The topological polar surface area (TPSA) is 24.4 Å². The van der Waals surface area contributed by atoms with Crippen LogP contribution in [0.2, 0.25) is 0 Å². The fraction of sp³-hybridized carbons (Fsp3) is 0.300. The first kappa shape index (κ1) is 7.35. The largest absolute Gasteiger partial charge is 0.303 e. The number of rotatable bonds is 0. The highest BCUT2D eigenvalue weighted by atomic mass is 15.3. The molecule has 0 saturated carbocycles. The van der Waals surface area contributed by atoms with Crippen LogP contribution in [0.15, 0.2) is 23.3 Å². The lowest BCUT2D eigenvalue weighted by Crippen LogP contribution is -2.19. The van der Waals surface area contributed by atoms with Gasteiger partial charge in [-0.2, -0.15) is 5.10 Å². The molecule has 0 aliphatic carbocycles. The van der Waals surface area contributed by atoms with Gasteiger partial charge < -0.3 is 5.43 Å². The molecule has 1 aromatic carbocycles. The second-order valence-electron chi connectivity index (χ2n) is 3.19. The van der Waals surface area contributed by atoms with Crippen molar-refractivity contribution in [3.63, 3.8) is 0 Å². The molecular formula is C10H12N2. The Kier molecular flexibility index (Phi) is 1.61. The summed E-state index contributed by atoms with van der Waals surface area (Å²) in [5.74, 6) is 0. The number of aryl methyl sites for hydroxylation is 1. The molecular weight excluding hydrogens is 148 g/mol. The zero-order chi connectivity index (χ0) is 8.55. The summed E-state index contributed by atoms with van der Waals surface area (Å²) in [7, 11) is 0. The molecule has 0 radical (unpaired) electrons. The van der Waals surface area contributed by atoms with Crippen molar-refractivity contribution in [2.75, 3.05) is 0 Å². The van der Waals surface area contributed by atoms with Gasteiger partial charge in [-0.15, -0.1) is 0 Å². The molecule has 0 aromatic heterocycles. The van der Waals surface area contributed by atoms with Gasteiger partial charge in [0.25, 0.3) is 0 Å². The van der Waals surface area contributed by atoms with E-state index in [0.717, 1.165) is 0 Å². The summed E-state index contributed by atoms with van der Waals surface area (Å²) in [5, 5.41) is 4.09. The number of fused-ring (bicyclic) bond motifs is 1. The zero-order valence-corrected chi connectivity index (χ0v) is 7.33. The molecule has 62 valence electrons. The SMILES string of the molecule is Cc1cccc2c1C=NNC2C. The van der Waals surface area contributed by atoms with Gasteiger partial charge in [0.1, 0.15) is 0 Å². The molecule has 1 aliphatic rings. The third-order valence-corrected chi connectivity index (χ3v) is 2.29. The van der Waals surface area contributed by atoms with Crippen LogP contribution in [0, 0.1) is 6.92 Å². The molecule has 0 spiro atoms. The maximum atomic E-state index is 4.09. The molecule has 1 N–H and O–H groups in total. The van der Waals surface area contributed by atoms with Crippen molar-refractivity contribution in [2.45, 2.75) is 19.9 Å². The van der Waals surface area contributed by atoms with Gasteiger partial charge in [0.15, 0.2) is 0 Å². The summed E-state index contributed by atoms with van der Waals surface area (Å²) < 4.78 is 0. The fourth-order valence-corrected chi connectivity index (χ4v) is 1.54. The number of nitrogens with one attached hydrogen (secondary N) is 1. The van der Waals surface area contributed by atoms with Gasteiger partial charge in [-0.3, -0.25) is 0 Å². The van der Waals surface area contributed by atoms with E-state index in [9.17, 15) is 0 Å². The minimum absolute atomic E-state index is 0.338. The molecule has 0 bridgehead atoms. The molecule has 1 unspecified atom stereocenters. The Labute approximate surface area is 72.3 Å². The highest BCUT2D eigenvalue weighted by Crippen LogP contribution is 2.21. The van der Waals surface area contributed by atoms with Crippen LogP contribution in [0.25, 0.3) is 0 Å². The standard InChI is InChI=1S/C10H12N2/c1-7-4-3-5-9-8(2)12-11-6-10(7)9/h3-6,8,12H,1-2H3. The Balaban J connectivity index is 2.61. The number of hydrogen-bond donors (Lipinski definition) is 1. The monoisotopic (exact) mass is 160 g/mol. The Morgan fingerprint density at radius 2 is 2.25 bits per heavy atom. The van der Waals surface area contributed by atoms with E-state index in [1.165, 1.54) is 16.7 Å². The van der Waals surface area contributed by atoms with Crippen LogP contribution in [-0.2, 0) is 0 Å². The predicted molar refractivity (Wildman–Crippen MR) is 50.3 cm³/mol. The number of hydrogen-bond acceptors (Lipinski definition) is 2. The van der Waals surface area contributed by atoms with E-state index >= 15 is 0 Å². The highest BCUT2D eigenvalue weighted by molar-refractivity contribution is 5.84. The van der Waals surface area contributed by atoms with Gasteiger partial charge in [-0.1, -0.05) is 18.2 Å². The summed E-state index contributed by atoms with van der Waals surface area (Å²) in [4.78, 5) is 0. The molecule has 0 fully saturated rings.